The van der Waals surface area contributed by atoms with Crippen LogP contribution in [0.4, 0.5) is 5.82 Å². The Balaban J connectivity index is 1.29. The molecule has 5 rings (SSSR count). The van der Waals surface area contributed by atoms with Gasteiger partial charge in [0.15, 0.2) is 16.6 Å². The Morgan fingerprint density at radius 3 is 2.22 bits per heavy atom. The first-order valence-electron chi connectivity index (χ1n) is 12.4. The fraction of sp³-hybridized carbons (Fsp3) is 0.276. The van der Waals surface area contributed by atoms with Gasteiger partial charge in [0.25, 0.3) is 0 Å². The molecule has 3 aromatic carbocycles. The summed E-state index contributed by atoms with van der Waals surface area (Å²) < 4.78 is 11.0. The summed E-state index contributed by atoms with van der Waals surface area (Å²) in [5.41, 5.74) is 3.33. The molecule has 0 saturated carbocycles. The Morgan fingerprint density at radius 1 is 0.892 bits per heavy atom. The van der Waals surface area contributed by atoms with Crippen molar-refractivity contribution in [2.75, 3.05) is 45.3 Å². The summed E-state index contributed by atoms with van der Waals surface area (Å²) in [6.07, 6.45) is 2.47. The standard InChI is InChI=1S/C29H31N5O2S/c1-35-26-18-23-25(19-27(26)36-2)30-20-31-28(23)33-13-15-34(16-14-33)29(37)32-24(22-11-7-4-8-12-22)17-21-9-5-3-6-10-21/h3-12,18-20,24H,13-17H2,1-2H3,(H,32,37). The van der Waals surface area contributed by atoms with E-state index < -0.39 is 0 Å². The fourth-order valence-corrected chi connectivity index (χ4v) is 5.10. The first kappa shape index (κ1) is 24.8. The lowest BCUT2D eigenvalue weighted by Gasteiger charge is -2.38. The number of fused-ring (bicyclic) bond motifs is 1. The summed E-state index contributed by atoms with van der Waals surface area (Å²) in [6.45, 7) is 3.21. The van der Waals surface area contributed by atoms with Crippen molar-refractivity contribution in [3.8, 4) is 11.5 Å². The number of piperazine rings is 1. The molecule has 2 heterocycles. The number of thiocarbonyl (C=S) groups is 1. The highest BCUT2D eigenvalue weighted by Gasteiger charge is 2.24. The molecule has 7 nitrogen and oxygen atoms in total. The molecule has 4 aromatic rings. The molecule has 1 N–H and O–H groups in total. The van der Waals surface area contributed by atoms with Gasteiger partial charge in [-0.2, -0.15) is 0 Å². The first-order chi connectivity index (χ1) is 18.2. The normalized spacial score (nSPS) is 14.3. The van der Waals surface area contributed by atoms with E-state index in [1.807, 2.05) is 24.3 Å². The van der Waals surface area contributed by atoms with Crippen LogP contribution in [0.3, 0.4) is 0 Å². The summed E-state index contributed by atoms with van der Waals surface area (Å²) in [6, 6.07) is 25.0. The average Bonchev–Trinajstić information content (AvgIpc) is 2.96. The lowest BCUT2D eigenvalue weighted by atomic mass is 9.99. The number of anilines is 1. The van der Waals surface area contributed by atoms with Gasteiger partial charge in [0.05, 0.1) is 25.8 Å². The maximum absolute atomic E-state index is 5.90. The first-order valence-corrected chi connectivity index (χ1v) is 12.8. The lowest BCUT2D eigenvalue weighted by Crippen LogP contribution is -2.52. The van der Waals surface area contributed by atoms with Crippen LogP contribution in [0.15, 0.2) is 79.1 Å². The van der Waals surface area contributed by atoms with E-state index in [4.69, 9.17) is 21.7 Å². The zero-order valence-electron chi connectivity index (χ0n) is 21.1. The van der Waals surface area contributed by atoms with Crippen LogP contribution in [0.5, 0.6) is 11.5 Å². The zero-order chi connectivity index (χ0) is 25.6. The zero-order valence-corrected chi connectivity index (χ0v) is 21.9. The van der Waals surface area contributed by atoms with Gasteiger partial charge in [-0.05, 0) is 35.8 Å². The number of rotatable bonds is 7. The fourth-order valence-electron chi connectivity index (χ4n) is 4.77. The summed E-state index contributed by atoms with van der Waals surface area (Å²) in [5.74, 6) is 2.22. The lowest BCUT2D eigenvalue weighted by molar-refractivity contribution is 0.355. The minimum absolute atomic E-state index is 0.0994. The van der Waals surface area contributed by atoms with Gasteiger partial charge >= 0.3 is 0 Å². The number of hydrogen-bond donors (Lipinski definition) is 1. The molecule has 1 atom stereocenters. The van der Waals surface area contributed by atoms with Crippen LogP contribution < -0.4 is 19.7 Å². The van der Waals surface area contributed by atoms with Crippen molar-refractivity contribution in [1.82, 2.24) is 20.2 Å². The summed E-state index contributed by atoms with van der Waals surface area (Å²) in [7, 11) is 3.27. The molecule has 1 saturated heterocycles. The minimum Gasteiger partial charge on any atom is -0.493 e. The van der Waals surface area contributed by atoms with E-state index in [-0.39, 0.29) is 6.04 Å². The van der Waals surface area contributed by atoms with E-state index in [0.29, 0.717) is 11.5 Å². The van der Waals surface area contributed by atoms with Crippen LogP contribution in [0.1, 0.15) is 17.2 Å². The van der Waals surface area contributed by atoms with Crippen LogP contribution in [0.25, 0.3) is 10.9 Å². The second kappa shape index (κ2) is 11.4. The smallest absolute Gasteiger partial charge is 0.169 e. The molecular formula is C29H31N5O2S. The highest BCUT2D eigenvalue weighted by Crippen LogP contribution is 2.35. The Kier molecular flexibility index (Phi) is 7.65. The molecule has 0 amide bonds. The highest BCUT2D eigenvalue weighted by molar-refractivity contribution is 7.80. The molecule has 1 aromatic heterocycles. The van der Waals surface area contributed by atoms with Crippen molar-refractivity contribution in [1.29, 1.82) is 0 Å². The highest BCUT2D eigenvalue weighted by atomic mass is 32.1. The number of hydrogen-bond acceptors (Lipinski definition) is 6. The van der Waals surface area contributed by atoms with Crippen LogP contribution in [-0.2, 0) is 6.42 Å². The van der Waals surface area contributed by atoms with Gasteiger partial charge in [0.1, 0.15) is 12.1 Å². The number of benzene rings is 3. The van der Waals surface area contributed by atoms with Crippen LogP contribution >= 0.6 is 12.2 Å². The number of methoxy groups -OCH3 is 2. The van der Waals surface area contributed by atoms with Crippen molar-refractivity contribution in [2.24, 2.45) is 0 Å². The predicted molar refractivity (Wildman–Crippen MR) is 151 cm³/mol. The Bertz CT molecular complexity index is 1340. The third kappa shape index (κ3) is 5.59. The molecule has 1 fully saturated rings. The Morgan fingerprint density at radius 2 is 1.54 bits per heavy atom. The van der Waals surface area contributed by atoms with E-state index in [1.54, 1.807) is 20.5 Å². The largest absolute Gasteiger partial charge is 0.493 e. The van der Waals surface area contributed by atoms with E-state index in [0.717, 1.165) is 54.4 Å². The molecule has 190 valence electrons. The maximum Gasteiger partial charge on any atom is 0.169 e. The second-order valence-corrected chi connectivity index (χ2v) is 9.38. The third-order valence-electron chi connectivity index (χ3n) is 6.77. The Hall–Kier alpha value is -3.91. The van der Waals surface area contributed by atoms with Crippen LogP contribution in [-0.4, -0.2) is 60.4 Å². The van der Waals surface area contributed by atoms with Crippen molar-refractivity contribution >= 4 is 34.1 Å². The van der Waals surface area contributed by atoms with Crippen molar-refractivity contribution in [2.45, 2.75) is 12.5 Å². The summed E-state index contributed by atoms with van der Waals surface area (Å²) in [4.78, 5) is 13.6. The number of nitrogens with zero attached hydrogens (tertiary/aromatic N) is 4. The van der Waals surface area contributed by atoms with Gasteiger partial charge in [-0.15, -0.1) is 0 Å². The monoisotopic (exact) mass is 513 g/mol. The van der Waals surface area contributed by atoms with E-state index in [1.165, 1.54) is 11.1 Å². The SMILES string of the molecule is COc1cc2ncnc(N3CCN(C(=S)NC(Cc4ccccc4)c4ccccc4)CC3)c2cc1OC. The van der Waals surface area contributed by atoms with E-state index in [2.05, 4.69) is 73.6 Å². The van der Waals surface area contributed by atoms with Gasteiger partial charge in [-0.1, -0.05) is 60.7 Å². The van der Waals surface area contributed by atoms with Gasteiger partial charge in [-0.3, -0.25) is 0 Å². The van der Waals surface area contributed by atoms with Crippen molar-refractivity contribution < 1.29 is 9.47 Å². The minimum atomic E-state index is 0.0994. The quantitative estimate of drug-likeness (QED) is 0.359. The van der Waals surface area contributed by atoms with Gasteiger partial charge in [0.2, 0.25) is 0 Å². The van der Waals surface area contributed by atoms with Crippen molar-refractivity contribution in [3.05, 3.63) is 90.3 Å². The number of nitrogens with one attached hydrogen (secondary N) is 1. The van der Waals surface area contributed by atoms with E-state index in [9.17, 15) is 0 Å². The summed E-state index contributed by atoms with van der Waals surface area (Å²) >= 11 is 5.90. The summed E-state index contributed by atoms with van der Waals surface area (Å²) in [5, 5.41) is 5.37. The van der Waals surface area contributed by atoms with Gasteiger partial charge in [-0.25, -0.2) is 9.97 Å². The predicted octanol–water partition coefficient (Wildman–Crippen LogP) is 4.63. The van der Waals surface area contributed by atoms with Gasteiger partial charge in [0, 0.05) is 37.6 Å². The third-order valence-corrected chi connectivity index (χ3v) is 7.14. The van der Waals surface area contributed by atoms with Crippen LogP contribution in [0, 0.1) is 0 Å². The molecule has 8 heteroatoms. The van der Waals surface area contributed by atoms with Gasteiger partial charge < -0.3 is 24.6 Å². The number of aromatic nitrogens is 2. The molecule has 1 aliphatic rings. The number of ether oxygens (including phenoxy) is 2. The molecule has 1 unspecified atom stereocenters. The molecule has 0 radical (unpaired) electrons. The van der Waals surface area contributed by atoms with Crippen molar-refractivity contribution in [3.63, 3.8) is 0 Å². The molecule has 1 aliphatic heterocycles. The maximum atomic E-state index is 5.90. The molecule has 0 bridgehead atoms. The van der Waals surface area contributed by atoms with E-state index >= 15 is 0 Å². The second-order valence-electron chi connectivity index (χ2n) is 9.00. The Labute approximate surface area is 223 Å². The molecule has 0 spiro atoms. The molecular weight excluding hydrogens is 482 g/mol. The average molecular weight is 514 g/mol. The topological polar surface area (TPSA) is 62.8 Å². The molecule has 37 heavy (non-hydrogen) atoms. The van der Waals surface area contributed by atoms with Crippen LogP contribution in [0.2, 0.25) is 0 Å². The molecule has 0 aliphatic carbocycles.